The van der Waals surface area contributed by atoms with Crippen LogP contribution in [0, 0.1) is 0 Å². The molecule has 249 valence electrons. The Morgan fingerprint density at radius 2 is 1.20 bits per heavy atom. The molecule has 0 fully saturated rings. The van der Waals surface area contributed by atoms with E-state index >= 15 is 0 Å². The number of phenolic OH excluding ortho intramolecular Hbond substituents is 2. The number of hydrogen-bond donors (Lipinski definition) is 6. The van der Waals surface area contributed by atoms with E-state index in [1.807, 2.05) is 0 Å². The minimum absolute atomic E-state index is 0. The van der Waals surface area contributed by atoms with Crippen molar-refractivity contribution in [3.8, 4) is 23.0 Å². The Balaban J connectivity index is 0.00000576. The van der Waals surface area contributed by atoms with Crippen molar-refractivity contribution in [1.82, 2.24) is 0 Å². The molecule has 0 spiro atoms. The van der Waals surface area contributed by atoms with Gasteiger partial charge in [0.2, 0.25) is 0 Å². The Bertz CT molecular complexity index is 2260. The number of phenols is 2. The molecule has 18 nitrogen and oxygen atoms in total. The van der Waals surface area contributed by atoms with Gasteiger partial charge in [-0.25, -0.2) is 0 Å². The molecule has 0 aliphatic rings. The third-order valence-corrected chi connectivity index (χ3v) is 8.69. The van der Waals surface area contributed by atoms with Crippen LogP contribution in [0.15, 0.2) is 83.7 Å². The first-order valence-corrected chi connectivity index (χ1v) is 16.1. The zero-order chi connectivity index (χ0) is 33.5. The van der Waals surface area contributed by atoms with Crippen LogP contribution in [0.5, 0.6) is 23.0 Å². The summed E-state index contributed by atoms with van der Waals surface area (Å²) in [4.78, 5) is -2.67. The molecule has 0 aliphatic heterocycles. The number of nitrogens with two attached hydrogens (primary N) is 1. The smallest absolute Gasteiger partial charge is 0.297 e. The third kappa shape index (κ3) is 7.35. The fraction of sp³-hybridized carbons (Fsp3) is 0.0833. The number of nitrogen functional groups attached to an aromatic ring is 1. The number of nitrogens with zero attached hydrogens (tertiary/aromatic N) is 4. The van der Waals surface area contributed by atoms with Crippen LogP contribution in [0.3, 0.4) is 0 Å². The molecule has 7 N–H and O–H groups in total. The van der Waals surface area contributed by atoms with Gasteiger partial charge in [0.1, 0.15) is 38.3 Å². The second-order valence-electron chi connectivity index (χ2n) is 8.82. The maximum Gasteiger partial charge on any atom is 0.297 e. The molecule has 0 atom stereocenters. The third-order valence-electron chi connectivity index (χ3n) is 6.00. The second-order valence-corrected chi connectivity index (χ2v) is 13.0. The van der Waals surface area contributed by atoms with Crippen LogP contribution in [-0.2, 0) is 47.4 Å². The van der Waals surface area contributed by atoms with Gasteiger partial charge in [-0.05, 0) is 36.4 Å². The molecule has 4 aromatic carbocycles. The van der Waals surface area contributed by atoms with Gasteiger partial charge >= 0.3 is 0 Å². The van der Waals surface area contributed by atoms with Crippen LogP contribution in [0.4, 0.5) is 28.4 Å². The van der Waals surface area contributed by atoms with Gasteiger partial charge in [0.05, 0.1) is 24.8 Å². The van der Waals surface area contributed by atoms with E-state index in [-0.39, 0.29) is 45.3 Å². The number of ether oxygens (including phenoxy) is 2. The largest absolute Gasteiger partial charge is 0.506 e. The normalized spacial score (nSPS) is 12.5. The minimum Gasteiger partial charge on any atom is -0.506 e. The first kappa shape index (κ1) is 36.1. The van der Waals surface area contributed by atoms with Crippen molar-refractivity contribution in [2.75, 3.05) is 20.0 Å². The van der Waals surface area contributed by atoms with Crippen molar-refractivity contribution in [2.45, 2.75) is 14.7 Å². The maximum absolute atomic E-state index is 12.3. The van der Waals surface area contributed by atoms with Gasteiger partial charge in [0.25, 0.3) is 30.4 Å². The molecule has 0 heterocycles. The number of anilines is 1. The summed E-state index contributed by atoms with van der Waals surface area (Å²) in [6.45, 7) is 0. The van der Waals surface area contributed by atoms with Crippen LogP contribution in [-0.4, -0.2) is 63.3 Å². The molecule has 0 aliphatic carbocycles. The topological polar surface area (TPSA) is 297 Å². The first-order chi connectivity index (χ1) is 20.9. The van der Waals surface area contributed by atoms with Crippen molar-refractivity contribution < 1.29 is 75.7 Å². The molecular weight excluding hydrogens is 726 g/mol. The molecule has 4 aromatic rings. The van der Waals surface area contributed by atoms with Gasteiger partial charge in [-0.15, -0.1) is 20.5 Å². The van der Waals surface area contributed by atoms with Gasteiger partial charge in [-0.1, -0.05) is 0 Å². The predicted octanol–water partition coefficient (Wildman–Crippen LogP) is 4.42. The number of fused-ring (bicyclic) bond motifs is 1. The first-order valence-electron chi connectivity index (χ1n) is 11.8. The molecule has 0 bridgehead atoms. The van der Waals surface area contributed by atoms with Crippen molar-refractivity contribution >= 4 is 69.6 Å². The zero-order valence-corrected chi connectivity index (χ0v) is 26.4. The van der Waals surface area contributed by atoms with E-state index < -0.39 is 79.0 Å². The summed E-state index contributed by atoms with van der Waals surface area (Å²) in [6.07, 6.45) is 0. The Hall–Kier alpha value is -4.41. The molecule has 46 heavy (non-hydrogen) atoms. The van der Waals surface area contributed by atoms with Gasteiger partial charge in [-0.2, -0.15) is 25.3 Å². The number of hydrogen-bond acceptors (Lipinski definition) is 15. The van der Waals surface area contributed by atoms with Crippen LogP contribution in [0.25, 0.3) is 10.8 Å². The number of aromatic hydroxyl groups is 2. The SMILES string of the molecule is COc1cc(N=Nc2cc(S(=O)(=O)O)ccc2O)c(N=Nc2c(S(=O)(=O)O)cc3c(S(=O)(=O)O)c(N)ccc3c2O)cc1OC.[Cu]. The molecular formula is C24H21CuN5O13S3. The van der Waals surface area contributed by atoms with E-state index in [4.69, 9.17) is 15.2 Å². The fourth-order valence-corrected chi connectivity index (χ4v) is 5.93. The average Bonchev–Trinajstić information content (AvgIpc) is 2.94. The quantitative estimate of drug-likeness (QED) is 0.0598. The molecule has 0 amide bonds. The molecule has 0 unspecified atom stereocenters. The molecule has 22 heteroatoms. The summed E-state index contributed by atoms with van der Waals surface area (Å²) in [5.74, 6) is -1.39. The van der Waals surface area contributed by atoms with Crippen molar-refractivity contribution in [1.29, 1.82) is 0 Å². The second kappa shape index (κ2) is 13.1. The Labute approximate surface area is 270 Å². The summed E-state index contributed by atoms with van der Waals surface area (Å²) < 4.78 is 111. The van der Waals surface area contributed by atoms with E-state index in [1.54, 1.807) is 0 Å². The van der Waals surface area contributed by atoms with Crippen molar-refractivity contribution in [3.05, 3.63) is 48.5 Å². The molecule has 0 aromatic heterocycles. The van der Waals surface area contributed by atoms with Gasteiger partial charge in [0, 0.05) is 40.0 Å². The summed E-state index contributed by atoms with van der Waals surface area (Å²) in [5.41, 5.74) is 3.44. The average molecular weight is 747 g/mol. The minimum atomic E-state index is -5.24. The Morgan fingerprint density at radius 1 is 0.652 bits per heavy atom. The molecule has 0 saturated carbocycles. The van der Waals surface area contributed by atoms with Gasteiger partial charge in [0.15, 0.2) is 17.2 Å². The van der Waals surface area contributed by atoms with E-state index in [0.717, 1.165) is 30.3 Å². The summed E-state index contributed by atoms with van der Waals surface area (Å²) in [6, 6.07) is 7.79. The monoisotopic (exact) mass is 746 g/mol. The number of azo groups is 2. The Morgan fingerprint density at radius 3 is 1.70 bits per heavy atom. The Kier molecular flexibility index (Phi) is 10.3. The molecule has 0 saturated heterocycles. The standard InChI is InChI=1S/C24H21N5O13S3.Cu/c1-41-19-9-15(26-28-17-7-11(43(32,33)34)3-6-18(17)30)16(10-20(19)42-2)27-29-22-21(44(35,36)37)8-13-12(23(22)31)4-5-14(25)24(13)45(38,39)40;/h3-10,30-31H,25H2,1-2H3,(H,32,33,34)(H,35,36,37)(H,38,39,40);. The van der Waals surface area contributed by atoms with E-state index in [0.29, 0.717) is 6.07 Å². The maximum atomic E-state index is 12.3. The zero-order valence-electron chi connectivity index (χ0n) is 23.0. The van der Waals surface area contributed by atoms with Crippen LogP contribution in [0.1, 0.15) is 0 Å². The van der Waals surface area contributed by atoms with Crippen molar-refractivity contribution in [3.63, 3.8) is 0 Å². The van der Waals surface area contributed by atoms with Crippen LogP contribution in [0.2, 0.25) is 0 Å². The van der Waals surface area contributed by atoms with Crippen molar-refractivity contribution in [2.24, 2.45) is 20.5 Å². The summed E-state index contributed by atoms with van der Waals surface area (Å²) >= 11 is 0. The van der Waals surface area contributed by atoms with Gasteiger partial charge < -0.3 is 25.4 Å². The number of benzene rings is 4. The van der Waals surface area contributed by atoms with Gasteiger partial charge in [-0.3, -0.25) is 13.7 Å². The molecule has 4 rings (SSSR count). The fourth-order valence-electron chi connectivity index (χ4n) is 3.96. The van der Waals surface area contributed by atoms with E-state index in [1.165, 1.54) is 26.4 Å². The number of methoxy groups -OCH3 is 2. The van der Waals surface area contributed by atoms with Crippen LogP contribution >= 0.6 is 0 Å². The van der Waals surface area contributed by atoms with E-state index in [9.17, 15) is 49.1 Å². The summed E-state index contributed by atoms with van der Waals surface area (Å²) in [5, 5.41) is 35.5. The molecule has 1 radical (unpaired) electrons. The number of rotatable bonds is 9. The summed E-state index contributed by atoms with van der Waals surface area (Å²) in [7, 11) is -12.4. The predicted molar refractivity (Wildman–Crippen MR) is 155 cm³/mol. The van der Waals surface area contributed by atoms with E-state index in [2.05, 4.69) is 20.5 Å². The van der Waals surface area contributed by atoms with Crippen LogP contribution < -0.4 is 15.2 Å².